The number of aliphatic hydroxyl groups excluding tert-OH is 5. The molecular formula is C26H38O10. The van der Waals surface area contributed by atoms with Crippen LogP contribution in [-0.2, 0) is 23.8 Å². The fourth-order valence-electron chi connectivity index (χ4n) is 6.96. The second-order valence-corrected chi connectivity index (χ2v) is 11.1. The number of aliphatic hydroxyl groups is 5. The number of fused-ring (bicyclic) bond motifs is 1. The molecule has 2 heterocycles. The smallest absolute Gasteiger partial charge is 0.334 e. The third-order valence-electron chi connectivity index (χ3n) is 9.23. The Morgan fingerprint density at radius 2 is 1.89 bits per heavy atom. The summed E-state index contributed by atoms with van der Waals surface area (Å²) in [5.74, 6) is -1.35. The molecular weight excluding hydrogens is 472 g/mol. The number of carbonyl (C=O) groups excluding carboxylic acids is 2. The molecule has 0 aromatic heterocycles. The van der Waals surface area contributed by atoms with Gasteiger partial charge >= 0.3 is 11.9 Å². The maximum atomic E-state index is 13.6. The molecule has 2 aliphatic carbocycles. The highest BCUT2D eigenvalue weighted by Gasteiger charge is 2.62. The van der Waals surface area contributed by atoms with Gasteiger partial charge < -0.3 is 39.7 Å². The predicted octanol–water partition coefficient (Wildman–Crippen LogP) is 0.343. The molecule has 0 amide bonds. The van der Waals surface area contributed by atoms with Crippen molar-refractivity contribution in [2.24, 2.45) is 22.7 Å². The number of rotatable bonds is 6. The van der Waals surface area contributed by atoms with Crippen LogP contribution < -0.4 is 0 Å². The van der Waals surface area contributed by atoms with Gasteiger partial charge in [0.2, 0.25) is 6.29 Å². The van der Waals surface area contributed by atoms with E-state index in [0.717, 1.165) is 5.57 Å². The highest BCUT2D eigenvalue weighted by atomic mass is 16.7. The lowest BCUT2D eigenvalue weighted by Crippen LogP contribution is -2.63. The molecule has 5 N–H and O–H groups in total. The van der Waals surface area contributed by atoms with Gasteiger partial charge in [-0.3, -0.25) is 4.79 Å². The van der Waals surface area contributed by atoms with Gasteiger partial charge in [0.05, 0.1) is 18.1 Å². The van der Waals surface area contributed by atoms with E-state index in [0.29, 0.717) is 44.1 Å². The Morgan fingerprint density at radius 1 is 1.17 bits per heavy atom. The molecule has 0 spiro atoms. The number of carbonyl (C=O) groups is 2. The van der Waals surface area contributed by atoms with E-state index < -0.39 is 60.2 Å². The summed E-state index contributed by atoms with van der Waals surface area (Å²) < 4.78 is 15.9. The van der Waals surface area contributed by atoms with Gasteiger partial charge in [0.1, 0.15) is 31.0 Å². The van der Waals surface area contributed by atoms with Crippen LogP contribution in [0.15, 0.2) is 23.8 Å². The molecule has 0 radical (unpaired) electrons. The van der Waals surface area contributed by atoms with Crippen LogP contribution in [0.4, 0.5) is 0 Å². The van der Waals surface area contributed by atoms with Crippen molar-refractivity contribution in [1.29, 1.82) is 0 Å². The lowest BCUT2D eigenvalue weighted by Gasteiger charge is -2.59. The molecule has 4 rings (SSSR count). The van der Waals surface area contributed by atoms with Crippen LogP contribution in [0.25, 0.3) is 0 Å². The molecule has 0 aromatic rings. The molecule has 3 fully saturated rings. The van der Waals surface area contributed by atoms with Crippen molar-refractivity contribution in [2.45, 2.75) is 89.2 Å². The monoisotopic (exact) mass is 510 g/mol. The summed E-state index contributed by atoms with van der Waals surface area (Å²) in [5.41, 5.74) is -0.0344. The maximum Gasteiger partial charge on any atom is 0.334 e. The summed E-state index contributed by atoms with van der Waals surface area (Å²) in [7, 11) is 0. The molecule has 0 unspecified atom stereocenters. The maximum absolute atomic E-state index is 13.6. The van der Waals surface area contributed by atoms with E-state index in [1.165, 1.54) is 0 Å². The molecule has 4 aliphatic rings. The Bertz CT molecular complexity index is 914. The molecule has 2 saturated carbocycles. The molecule has 0 aromatic carbocycles. The first-order chi connectivity index (χ1) is 16.9. The zero-order valence-electron chi connectivity index (χ0n) is 20.8. The fourth-order valence-corrected chi connectivity index (χ4v) is 6.96. The van der Waals surface area contributed by atoms with Gasteiger partial charge in [-0.05, 0) is 68.8 Å². The Kier molecular flexibility index (Phi) is 7.68. The van der Waals surface area contributed by atoms with E-state index in [1.807, 2.05) is 0 Å². The molecule has 10 nitrogen and oxygen atoms in total. The fraction of sp³-hybridized carbons (Fsp3) is 0.769. The summed E-state index contributed by atoms with van der Waals surface area (Å²) in [5, 5.41) is 51.0. The number of allylic oxidation sites excluding steroid dienone is 1. The standard InChI is InChI=1S/C26H38O10/c1-13-4-7-17-25(2,15(13)6-5-14-9-11-34-22(14)32)10-8-18(28)26(17,3)24(33)36-23-21(31)20(30)19(29)16(12-27)35-23/h9,15-21,23,27-31H,1,4-8,10-12H2,2-3H3/t15-,16+,17+,18+,19+,20-,21+,23-,25+,26+/m0/s1. The highest BCUT2D eigenvalue weighted by Crippen LogP contribution is 2.62. The number of ether oxygens (including phenoxy) is 3. The van der Waals surface area contributed by atoms with Gasteiger partial charge in [-0.25, -0.2) is 4.79 Å². The van der Waals surface area contributed by atoms with Gasteiger partial charge in [-0.1, -0.05) is 19.1 Å². The lowest BCUT2D eigenvalue weighted by atomic mass is 9.46. The summed E-state index contributed by atoms with van der Waals surface area (Å²) in [4.78, 5) is 25.6. The average molecular weight is 511 g/mol. The van der Waals surface area contributed by atoms with Crippen molar-refractivity contribution in [2.75, 3.05) is 13.2 Å². The minimum atomic E-state index is -1.72. The first-order valence-electron chi connectivity index (χ1n) is 12.7. The Hall–Kier alpha value is -1.82. The SMILES string of the molecule is C=C1CC[C@@H]2[C@](C)(CC[C@@H](O)[C@]2(C)C(=O)O[C@@H]2O[C@H](CO)[C@@H](O)[C@H](O)[C@H]2O)[C@H]1CCC1=CCOC1=O. The van der Waals surface area contributed by atoms with Gasteiger partial charge in [0.15, 0.2) is 0 Å². The number of cyclic esters (lactones) is 1. The van der Waals surface area contributed by atoms with Crippen LogP contribution in [0.1, 0.15) is 52.4 Å². The van der Waals surface area contributed by atoms with Crippen LogP contribution in [0, 0.1) is 22.7 Å². The van der Waals surface area contributed by atoms with Crippen molar-refractivity contribution in [3.63, 3.8) is 0 Å². The summed E-state index contributed by atoms with van der Waals surface area (Å²) in [6.07, 6.45) is -3.53. The van der Waals surface area contributed by atoms with Crippen molar-refractivity contribution in [3.8, 4) is 0 Å². The topological polar surface area (TPSA) is 163 Å². The van der Waals surface area contributed by atoms with Gasteiger partial charge in [-0.2, -0.15) is 0 Å². The Labute approximate surface area is 210 Å². The van der Waals surface area contributed by atoms with Crippen LogP contribution in [0.3, 0.4) is 0 Å². The number of esters is 2. The largest absolute Gasteiger partial charge is 0.458 e. The zero-order chi connectivity index (χ0) is 26.4. The third kappa shape index (κ3) is 4.41. The average Bonchev–Trinajstić information content (AvgIpc) is 3.26. The van der Waals surface area contributed by atoms with Crippen LogP contribution in [0.5, 0.6) is 0 Å². The second-order valence-electron chi connectivity index (χ2n) is 11.1. The van der Waals surface area contributed by atoms with Gasteiger partial charge in [-0.15, -0.1) is 0 Å². The minimum Gasteiger partial charge on any atom is -0.458 e. The van der Waals surface area contributed by atoms with Crippen molar-refractivity contribution >= 4 is 11.9 Å². The van der Waals surface area contributed by atoms with E-state index in [-0.39, 0.29) is 24.4 Å². The van der Waals surface area contributed by atoms with E-state index in [4.69, 9.17) is 14.2 Å². The molecule has 10 heteroatoms. The Balaban J connectivity index is 1.56. The second kappa shape index (κ2) is 10.2. The van der Waals surface area contributed by atoms with E-state index in [9.17, 15) is 35.1 Å². The summed E-state index contributed by atoms with van der Waals surface area (Å²) >= 11 is 0. The van der Waals surface area contributed by atoms with Crippen molar-refractivity contribution < 1.29 is 49.3 Å². The Morgan fingerprint density at radius 3 is 2.53 bits per heavy atom. The molecule has 36 heavy (non-hydrogen) atoms. The third-order valence-corrected chi connectivity index (χ3v) is 9.23. The number of hydrogen-bond acceptors (Lipinski definition) is 10. The van der Waals surface area contributed by atoms with Crippen LogP contribution in [0.2, 0.25) is 0 Å². The van der Waals surface area contributed by atoms with Gasteiger partial charge in [0, 0.05) is 5.57 Å². The lowest BCUT2D eigenvalue weighted by molar-refractivity contribution is -0.299. The molecule has 2 aliphatic heterocycles. The zero-order valence-corrected chi connectivity index (χ0v) is 20.8. The van der Waals surface area contributed by atoms with Gasteiger partial charge in [0.25, 0.3) is 0 Å². The molecule has 0 bridgehead atoms. The van der Waals surface area contributed by atoms with Crippen molar-refractivity contribution in [1.82, 2.24) is 0 Å². The first kappa shape index (κ1) is 27.2. The van der Waals surface area contributed by atoms with E-state index >= 15 is 0 Å². The van der Waals surface area contributed by atoms with E-state index in [1.54, 1.807) is 13.0 Å². The molecule has 202 valence electrons. The quantitative estimate of drug-likeness (QED) is 0.249. The summed E-state index contributed by atoms with van der Waals surface area (Å²) in [6, 6.07) is 0. The van der Waals surface area contributed by atoms with Crippen molar-refractivity contribution in [3.05, 3.63) is 23.8 Å². The van der Waals surface area contributed by atoms with Crippen LogP contribution >= 0.6 is 0 Å². The molecule has 1 saturated heterocycles. The van der Waals surface area contributed by atoms with E-state index in [2.05, 4.69) is 13.5 Å². The first-order valence-corrected chi connectivity index (χ1v) is 12.7. The number of hydrogen-bond donors (Lipinski definition) is 5. The molecule has 10 atom stereocenters. The summed E-state index contributed by atoms with van der Waals surface area (Å²) in [6.45, 7) is 7.70. The normalized spacial score (nSPS) is 45.0. The van der Waals surface area contributed by atoms with Crippen LogP contribution in [-0.4, -0.2) is 87.5 Å². The minimum absolute atomic E-state index is 0.0115. The highest BCUT2D eigenvalue weighted by molar-refractivity contribution is 5.90. The predicted molar refractivity (Wildman–Crippen MR) is 125 cm³/mol.